The van der Waals surface area contributed by atoms with Crippen LogP contribution in [-0.2, 0) is 12.0 Å². The lowest BCUT2D eigenvalue weighted by Crippen LogP contribution is -2.40. The van der Waals surface area contributed by atoms with Crippen molar-refractivity contribution in [3.63, 3.8) is 0 Å². The van der Waals surface area contributed by atoms with Gasteiger partial charge in [0.05, 0.1) is 5.69 Å². The van der Waals surface area contributed by atoms with Crippen molar-refractivity contribution in [1.82, 2.24) is 30.0 Å². The summed E-state index contributed by atoms with van der Waals surface area (Å²) in [5, 5.41) is 8.98. The van der Waals surface area contributed by atoms with Crippen molar-refractivity contribution < 1.29 is 4.79 Å². The Morgan fingerprint density at radius 2 is 2.06 bits per heavy atom. The van der Waals surface area contributed by atoms with Gasteiger partial charge in [0, 0.05) is 66.2 Å². The van der Waals surface area contributed by atoms with Gasteiger partial charge in [0.1, 0.15) is 5.65 Å². The van der Waals surface area contributed by atoms with Gasteiger partial charge >= 0.3 is 6.03 Å². The van der Waals surface area contributed by atoms with E-state index in [1.54, 1.807) is 0 Å². The van der Waals surface area contributed by atoms with Gasteiger partial charge in [-0.25, -0.2) is 9.78 Å². The maximum Gasteiger partial charge on any atom is 0.317 e. The molecule has 0 saturated carbocycles. The van der Waals surface area contributed by atoms with E-state index in [9.17, 15) is 4.79 Å². The number of hydrogen-bond acceptors (Lipinski definition) is 3. The molecule has 2 amide bonds. The Bertz CT molecular complexity index is 1370. The SMILES string of the molecule is CCNC(=O)N1CCC2(CCn3nc(-c4cnc5[nH]cc(-c6cccc(C)c6)c5c4)cc32)C1. The topological polar surface area (TPSA) is 78.8 Å². The summed E-state index contributed by atoms with van der Waals surface area (Å²) < 4.78 is 2.14. The maximum absolute atomic E-state index is 12.4. The first-order valence-electron chi connectivity index (χ1n) is 11.7. The van der Waals surface area contributed by atoms with Crippen molar-refractivity contribution in [3.8, 4) is 22.4 Å². The fraction of sp³-hybridized carbons (Fsp3) is 0.346. The smallest absolute Gasteiger partial charge is 0.317 e. The number of pyridine rings is 1. The number of aromatic amines is 1. The molecule has 1 saturated heterocycles. The van der Waals surface area contributed by atoms with Gasteiger partial charge in [0.15, 0.2) is 0 Å². The number of H-pyrrole nitrogens is 1. The fourth-order valence-electron chi connectivity index (χ4n) is 5.52. The third-order valence-electron chi connectivity index (χ3n) is 7.25. The first-order valence-corrected chi connectivity index (χ1v) is 11.7. The first kappa shape index (κ1) is 20.0. The number of nitrogens with one attached hydrogen (secondary N) is 2. The van der Waals surface area contributed by atoms with Crippen LogP contribution < -0.4 is 5.32 Å². The van der Waals surface area contributed by atoms with Crippen LogP contribution in [0.3, 0.4) is 0 Å². The van der Waals surface area contributed by atoms with Crippen molar-refractivity contribution in [1.29, 1.82) is 0 Å². The van der Waals surface area contributed by atoms with E-state index in [1.807, 2.05) is 24.2 Å². The number of amides is 2. The number of fused-ring (bicyclic) bond motifs is 3. The van der Waals surface area contributed by atoms with E-state index in [1.165, 1.54) is 16.8 Å². The highest BCUT2D eigenvalue weighted by molar-refractivity contribution is 5.95. The summed E-state index contributed by atoms with van der Waals surface area (Å²) in [5.74, 6) is 0. The molecular formula is C26H28N6O. The molecule has 4 aromatic rings. The minimum atomic E-state index is 0.00860. The predicted molar refractivity (Wildman–Crippen MR) is 129 cm³/mol. The molecule has 0 aliphatic carbocycles. The average molecular weight is 441 g/mol. The van der Waals surface area contributed by atoms with Crippen LogP contribution in [0.25, 0.3) is 33.4 Å². The molecule has 2 aliphatic heterocycles. The van der Waals surface area contributed by atoms with E-state index in [2.05, 4.69) is 63.3 Å². The van der Waals surface area contributed by atoms with Crippen LogP contribution in [0.1, 0.15) is 31.0 Å². The Hall–Kier alpha value is -3.61. The van der Waals surface area contributed by atoms with E-state index in [-0.39, 0.29) is 11.4 Å². The number of aromatic nitrogens is 4. The molecule has 1 spiro atoms. The zero-order valence-corrected chi connectivity index (χ0v) is 19.1. The van der Waals surface area contributed by atoms with E-state index in [0.717, 1.165) is 60.3 Å². The highest BCUT2D eigenvalue weighted by Gasteiger charge is 2.46. The molecular weight excluding hydrogens is 412 g/mol. The maximum atomic E-state index is 12.4. The van der Waals surface area contributed by atoms with Gasteiger partial charge in [-0.2, -0.15) is 5.10 Å². The molecule has 1 aromatic carbocycles. The van der Waals surface area contributed by atoms with Gasteiger partial charge < -0.3 is 15.2 Å². The second-order valence-electron chi connectivity index (χ2n) is 9.37. The molecule has 1 unspecified atom stereocenters. The Labute approximate surface area is 192 Å². The van der Waals surface area contributed by atoms with Crippen molar-refractivity contribution in [3.05, 3.63) is 60.0 Å². The second-order valence-corrected chi connectivity index (χ2v) is 9.37. The zero-order valence-electron chi connectivity index (χ0n) is 19.1. The quantitative estimate of drug-likeness (QED) is 0.493. The van der Waals surface area contributed by atoms with Crippen molar-refractivity contribution >= 4 is 17.1 Å². The molecule has 6 rings (SSSR count). The van der Waals surface area contributed by atoms with Crippen molar-refractivity contribution in [2.24, 2.45) is 0 Å². The van der Waals surface area contributed by atoms with Gasteiger partial charge in [0.2, 0.25) is 0 Å². The molecule has 3 aromatic heterocycles. The minimum absolute atomic E-state index is 0.00860. The number of carbonyl (C=O) groups excluding carboxylic acids is 1. The molecule has 2 N–H and O–H groups in total. The van der Waals surface area contributed by atoms with Crippen LogP contribution in [0.2, 0.25) is 0 Å². The zero-order chi connectivity index (χ0) is 22.6. The molecule has 1 fully saturated rings. The van der Waals surface area contributed by atoms with Crippen molar-refractivity contribution in [2.75, 3.05) is 19.6 Å². The van der Waals surface area contributed by atoms with Gasteiger partial charge in [0.25, 0.3) is 0 Å². The highest BCUT2D eigenvalue weighted by Crippen LogP contribution is 2.44. The van der Waals surface area contributed by atoms with E-state index < -0.39 is 0 Å². The van der Waals surface area contributed by atoms with Crippen molar-refractivity contribution in [2.45, 2.75) is 38.6 Å². The number of aryl methyl sites for hydroxylation is 2. The van der Waals surface area contributed by atoms with E-state index in [4.69, 9.17) is 5.10 Å². The molecule has 1 atom stereocenters. The monoisotopic (exact) mass is 440 g/mol. The first-order chi connectivity index (χ1) is 16.1. The molecule has 7 heteroatoms. The number of rotatable bonds is 3. The average Bonchev–Trinajstić information content (AvgIpc) is 3.58. The van der Waals surface area contributed by atoms with Crippen LogP contribution >= 0.6 is 0 Å². The van der Waals surface area contributed by atoms with Crippen LogP contribution in [0.15, 0.2) is 48.8 Å². The molecule has 0 bridgehead atoms. The Kier molecular flexibility index (Phi) is 4.54. The largest absolute Gasteiger partial charge is 0.346 e. The summed E-state index contributed by atoms with van der Waals surface area (Å²) >= 11 is 0. The standard InChI is InChI=1S/C26H28N6O/c1-3-27-25(33)31-9-7-26(16-31)8-10-32-23(26)13-22(30-32)19-12-20-21(15-29-24(20)28-14-19)18-6-4-5-17(2)11-18/h4-6,11-15H,3,7-10,16H2,1-2H3,(H,27,33)(H,28,29). The highest BCUT2D eigenvalue weighted by atomic mass is 16.2. The normalized spacial score (nSPS) is 19.5. The minimum Gasteiger partial charge on any atom is -0.346 e. The Morgan fingerprint density at radius 3 is 2.91 bits per heavy atom. The lowest BCUT2D eigenvalue weighted by Gasteiger charge is -2.23. The third-order valence-corrected chi connectivity index (χ3v) is 7.25. The Balaban J connectivity index is 1.35. The van der Waals surface area contributed by atoms with Crippen LogP contribution in [0.4, 0.5) is 4.79 Å². The summed E-state index contributed by atoms with van der Waals surface area (Å²) in [5.41, 5.74) is 7.68. The van der Waals surface area contributed by atoms with E-state index in [0.29, 0.717) is 6.54 Å². The molecule has 0 radical (unpaired) electrons. The van der Waals surface area contributed by atoms with Gasteiger partial charge in [-0.1, -0.05) is 29.8 Å². The number of hydrogen-bond donors (Lipinski definition) is 2. The summed E-state index contributed by atoms with van der Waals surface area (Å²) in [6.07, 6.45) is 5.96. The third kappa shape index (κ3) is 3.22. The molecule has 168 valence electrons. The van der Waals surface area contributed by atoms with E-state index >= 15 is 0 Å². The van der Waals surface area contributed by atoms with Crippen LogP contribution in [0, 0.1) is 6.92 Å². The second kappa shape index (κ2) is 7.47. The van der Waals surface area contributed by atoms with Crippen LogP contribution in [0.5, 0.6) is 0 Å². The summed E-state index contributed by atoms with van der Waals surface area (Å²) in [4.78, 5) is 22.3. The van der Waals surface area contributed by atoms with Gasteiger partial charge in [-0.05, 0) is 44.4 Å². The van der Waals surface area contributed by atoms with Gasteiger partial charge in [-0.3, -0.25) is 4.68 Å². The predicted octanol–water partition coefficient (Wildman–Crippen LogP) is 4.48. The van der Waals surface area contributed by atoms with Crippen LogP contribution in [-0.4, -0.2) is 50.3 Å². The number of carbonyl (C=O) groups is 1. The number of urea groups is 1. The molecule has 33 heavy (non-hydrogen) atoms. The lowest BCUT2D eigenvalue weighted by molar-refractivity contribution is 0.206. The fourth-order valence-corrected chi connectivity index (χ4v) is 5.52. The summed E-state index contributed by atoms with van der Waals surface area (Å²) in [6.45, 7) is 7.18. The molecule has 5 heterocycles. The molecule has 7 nitrogen and oxygen atoms in total. The summed E-state index contributed by atoms with van der Waals surface area (Å²) in [6, 6.07) is 13.0. The number of nitrogens with zero attached hydrogens (tertiary/aromatic N) is 4. The van der Waals surface area contributed by atoms with Gasteiger partial charge in [-0.15, -0.1) is 0 Å². The number of benzene rings is 1. The summed E-state index contributed by atoms with van der Waals surface area (Å²) in [7, 11) is 0. The molecule has 2 aliphatic rings. The number of likely N-dealkylation sites (tertiary alicyclic amines) is 1. The Morgan fingerprint density at radius 1 is 1.18 bits per heavy atom. The lowest BCUT2D eigenvalue weighted by atomic mass is 9.82.